The van der Waals surface area contributed by atoms with Crippen molar-refractivity contribution in [2.45, 2.75) is 30.6 Å². The predicted octanol–water partition coefficient (Wildman–Crippen LogP) is 3.67. The van der Waals surface area contributed by atoms with Crippen molar-refractivity contribution in [1.82, 2.24) is 9.97 Å². The Labute approximate surface area is 173 Å². The molecule has 0 saturated carbocycles. The zero-order valence-electron chi connectivity index (χ0n) is 15.5. The smallest absolute Gasteiger partial charge is 0.281 e. The lowest BCUT2D eigenvalue weighted by atomic mass is 10.1. The molecule has 1 aliphatic rings. The average Bonchev–Trinajstić information content (AvgIpc) is 3.11. The summed E-state index contributed by atoms with van der Waals surface area (Å²) in [5.74, 6) is -4.57. The van der Waals surface area contributed by atoms with E-state index in [-0.39, 0.29) is 28.5 Å². The second kappa shape index (κ2) is 8.76. The molecule has 0 fully saturated rings. The number of nitrogens with zero attached hydrogens (tertiary/aromatic N) is 2. The van der Waals surface area contributed by atoms with Crippen LogP contribution in [0.3, 0.4) is 0 Å². The summed E-state index contributed by atoms with van der Waals surface area (Å²) in [5.41, 5.74) is -1.84. The molecule has 1 atom stereocenters. The monoisotopic (exact) mass is 464 g/mol. The van der Waals surface area contributed by atoms with E-state index >= 15 is 0 Å². The van der Waals surface area contributed by atoms with Gasteiger partial charge in [0.25, 0.3) is 6.43 Å². The highest BCUT2D eigenvalue weighted by Crippen LogP contribution is 2.43. The Morgan fingerprint density at radius 1 is 1.30 bits per heavy atom. The first-order chi connectivity index (χ1) is 14.1. The molecule has 1 aliphatic heterocycles. The highest BCUT2D eigenvalue weighted by molar-refractivity contribution is 7.99. The van der Waals surface area contributed by atoms with Gasteiger partial charge in [-0.2, -0.15) is 0 Å². The number of carbonyl (C=O) groups excluding carboxylic acids is 1. The van der Waals surface area contributed by atoms with E-state index in [9.17, 15) is 30.8 Å². The molecule has 162 valence electrons. The molecule has 0 radical (unpaired) electrons. The van der Waals surface area contributed by atoms with Crippen molar-refractivity contribution in [3.63, 3.8) is 0 Å². The minimum absolute atomic E-state index is 0.0334. The Balaban J connectivity index is 1.87. The van der Waals surface area contributed by atoms with Crippen LogP contribution in [-0.4, -0.2) is 35.8 Å². The molecule has 2 heterocycles. The Kier molecular flexibility index (Phi) is 6.50. The van der Waals surface area contributed by atoms with E-state index in [2.05, 4.69) is 15.3 Å². The van der Waals surface area contributed by atoms with Gasteiger partial charge in [-0.05, 0) is 18.6 Å². The Morgan fingerprint density at radius 2 is 2.03 bits per heavy atom. The number of alkyl halides is 2. The quantitative estimate of drug-likeness (QED) is 0.607. The van der Waals surface area contributed by atoms with Crippen molar-refractivity contribution in [2.75, 3.05) is 21.5 Å². The fourth-order valence-corrected chi connectivity index (χ4v) is 5.25. The normalized spacial score (nSPS) is 15.9. The van der Waals surface area contributed by atoms with Crippen LogP contribution in [0, 0.1) is 11.6 Å². The number of benzene rings is 1. The van der Waals surface area contributed by atoms with Crippen molar-refractivity contribution >= 4 is 39.1 Å². The number of hydrogen-bond donors (Lipinski definition) is 2. The van der Waals surface area contributed by atoms with Crippen molar-refractivity contribution in [2.24, 2.45) is 0 Å². The molecule has 1 aromatic heterocycles. The van der Waals surface area contributed by atoms with Crippen LogP contribution in [0.2, 0.25) is 0 Å². The minimum atomic E-state index is -3.85. The lowest BCUT2D eigenvalue weighted by molar-refractivity contribution is -0.117. The van der Waals surface area contributed by atoms with Gasteiger partial charge in [0.1, 0.15) is 23.5 Å². The van der Waals surface area contributed by atoms with Crippen LogP contribution in [-0.2, 0) is 14.8 Å². The molecule has 2 aromatic rings. The summed E-state index contributed by atoms with van der Waals surface area (Å²) >= 11 is 0.950. The zero-order valence-corrected chi connectivity index (χ0v) is 17.1. The van der Waals surface area contributed by atoms with Gasteiger partial charge in [0.05, 0.1) is 27.9 Å². The van der Waals surface area contributed by atoms with Gasteiger partial charge in [-0.15, -0.1) is 11.8 Å². The first kappa shape index (κ1) is 22.3. The maximum absolute atomic E-state index is 14.7. The second-order valence-corrected chi connectivity index (χ2v) is 9.20. The summed E-state index contributed by atoms with van der Waals surface area (Å²) in [6, 6.07) is 1.70. The van der Waals surface area contributed by atoms with E-state index in [0.717, 1.165) is 30.2 Å². The van der Waals surface area contributed by atoms with Gasteiger partial charge >= 0.3 is 0 Å². The maximum Gasteiger partial charge on any atom is 0.281 e. The molecule has 0 bridgehead atoms. The minimum Gasteiger partial charge on any atom is -0.321 e. The lowest BCUT2D eigenvalue weighted by Crippen LogP contribution is -2.24. The molecule has 0 aliphatic carbocycles. The number of sulfonamides is 1. The third-order valence-electron chi connectivity index (χ3n) is 4.18. The number of anilines is 2. The first-order valence-electron chi connectivity index (χ1n) is 8.69. The SMILES string of the molecule is CCCS(=O)(=O)Nc1ccc(F)c(NC(=O)C2CSc3c(C(F)F)ncnc32)c1F. The fraction of sp³-hybridized carbons (Fsp3) is 0.353. The van der Waals surface area contributed by atoms with E-state index in [1.165, 1.54) is 0 Å². The number of hydrogen-bond acceptors (Lipinski definition) is 6. The standard InChI is InChI=1S/C17H16F4N4O3S2/c1-2-5-30(27,28)25-10-4-3-9(18)13(11(10)19)24-17(26)8-6-29-15-12(8)22-7-23-14(15)16(20)21/h3-4,7-8,16,25H,2,5-6H2,1H3,(H,24,26). The molecular weight excluding hydrogens is 448 g/mol. The van der Waals surface area contributed by atoms with E-state index in [1.54, 1.807) is 6.92 Å². The Hall–Kier alpha value is -2.41. The van der Waals surface area contributed by atoms with E-state index in [4.69, 9.17) is 0 Å². The van der Waals surface area contributed by atoms with Gasteiger partial charge in [-0.25, -0.2) is 35.9 Å². The third kappa shape index (κ3) is 4.51. The summed E-state index contributed by atoms with van der Waals surface area (Å²) in [4.78, 5) is 20.1. The van der Waals surface area contributed by atoms with E-state index in [1.807, 2.05) is 4.72 Å². The molecule has 1 aromatic carbocycles. The number of amides is 1. The molecule has 3 rings (SSSR count). The Bertz CT molecular complexity index is 1080. The van der Waals surface area contributed by atoms with Gasteiger partial charge in [0.15, 0.2) is 5.82 Å². The van der Waals surface area contributed by atoms with Crippen LogP contribution in [0.5, 0.6) is 0 Å². The molecule has 0 spiro atoms. The lowest BCUT2D eigenvalue weighted by Gasteiger charge is -2.15. The maximum atomic E-state index is 14.7. The predicted molar refractivity (Wildman–Crippen MR) is 103 cm³/mol. The summed E-state index contributed by atoms with van der Waals surface area (Å²) in [7, 11) is -3.85. The van der Waals surface area contributed by atoms with Crippen LogP contribution in [0.25, 0.3) is 0 Å². The third-order valence-corrected chi connectivity index (χ3v) is 6.87. The number of rotatable bonds is 7. The van der Waals surface area contributed by atoms with Gasteiger partial charge in [0.2, 0.25) is 15.9 Å². The fourth-order valence-electron chi connectivity index (χ4n) is 2.84. The highest BCUT2D eigenvalue weighted by Gasteiger charge is 2.35. The van der Waals surface area contributed by atoms with E-state index < -0.39 is 57.0 Å². The molecular formula is C17H16F4N4O3S2. The van der Waals surface area contributed by atoms with Crippen LogP contribution in [0.1, 0.15) is 37.1 Å². The Morgan fingerprint density at radius 3 is 2.70 bits per heavy atom. The number of thioether (sulfide) groups is 1. The van der Waals surface area contributed by atoms with Gasteiger partial charge in [-0.3, -0.25) is 9.52 Å². The van der Waals surface area contributed by atoms with Crippen LogP contribution in [0.4, 0.5) is 28.9 Å². The van der Waals surface area contributed by atoms with Crippen LogP contribution >= 0.6 is 11.8 Å². The molecule has 2 N–H and O–H groups in total. The molecule has 7 nitrogen and oxygen atoms in total. The number of aromatic nitrogens is 2. The molecule has 0 saturated heterocycles. The second-order valence-electron chi connectivity index (χ2n) is 6.33. The molecule has 13 heteroatoms. The number of nitrogens with one attached hydrogen (secondary N) is 2. The topological polar surface area (TPSA) is 101 Å². The molecule has 1 unspecified atom stereocenters. The number of halogens is 4. The summed E-state index contributed by atoms with van der Waals surface area (Å²) < 4.78 is 80.8. The van der Waals surface area contributed by atoms with Gasteiger partial charge in [-0.1, -0.05) is 6.92 Å². The zero-order chi connectivity index (χ0) is 22.1. The molecule has 30 heavy (non-hydrogen) atoms. The highest BCUT2D eigenvalue weighted by atomic mass is 32.2. The molecule has 1 amide bonds. The van der Waals surface area contributed by atoms with Crippen LogP contribution < -0.4 is 10.0 Å². The van der Waals surface area contributed by atoms with Crippen molar-refractivity contribution < 1.29 is 30.8 Å². The summed E-state index contributed by atoms with van der Waals surface area (Å²) in [6.45, 7) is 1.62. The summed E-state index contributed by atoms with van der Waals surface area (Å²) in [6.07, 6.45) is -1.68. The van der Waals surface area contributed by atoms with Crippen molar-refractivity contribution in [3.05, 3.63) is 41.5 Å². The largest absolute Gasteiger partial charge is 0.321 e. The van der Waals surface area contributed by atoms with Crippen LogP contribution in [0.15, 0.2) is 23.4 Å². The number of fused-ring (bicyclic) bond motifs is 1. The average molecular weight is 464 g/mol. The summed E-state index contributed by atoms with van der Waals surface area (Å²) in [5, 5.41) is 2.08. The van der Waals surface area contributed by atoms with Gasteiger partial charge in [0, 0.05) is 5.75 Å². The first-order valence-corrected chi connectivity index (χ1v) is 11.3. The van der Waals surface area contributed by atoms with Crippen molar-refractivity contribution in [3.8, 4) is 0 Å². The van der Waals surface area contributed by atoms with Crippen molar-refractivity contribution in [1.29, 1.82) is 0 Å². The van der Waals surface area contributed by atoms with E-state index in [0.29, 0.717) is 0 Å². The number of carbonyl (C=O) groups is 1. The van der Waals surface area contributed by atoms with Gasteiger partial charge < -0.3 is 5.32 Å².